The lowest BCUT2D eigenvalue weighted by Crippen LogP contribution is -2.33. The van der Waals surface area contributed by atoms with Gasteiger partial charge < -0.3 is 9.64 Å². The normalized spacial score (nSPS) is 16.3. The Hall–Kier alpha value is -2.96. The molecule has 7 nitrogen and oxygen atoms in total. The molecule has 0 spiro atoms. The Morgan fingerprint density at radius 2 is 1.97 bits per heavy atom. The topological polar surface area (TPSA) is 75.6 Å². The fraction of sp³-hybridized carbons (Fsp3) is 0.455. The van der Waals surface area contributed by atoms with E-state index < -0.39 is 5.60 Å². The van der Waals surface area contributed by atoms with Crippen molar-refractivity contribution < 1.29 is 14.3 Å². The maximum absolute atomic E-state index is 12.5. The molecule has 0 aliphatic carbocycles. The standard InChI is InChI=1S/C22H26N4O3/c1-14-23-18-13-25(21(28)29-22(2,3)4)12-17(18)20(24-14)15-7-5-8-16(11-15)26-10-6-9-19(26)27/h5,7-8,11H,6,9-10,12-13H2,1-4H3. The summed E-state index contributed by atoms with van der Waals surface area (Å²) >= 11 is 0. The van der Waals surface area contributed by atoms with Crippen molar-refractivity contribution in [2.24, 2.45) is 0 Å². The lowest BCUT2D eigenvalue weighted by atomic mass is 10.0. The Labute approximate surface area is 170 Å². The predicted molar refractivity (Wildman–Crippen MR) is 109 cm³/mol. The van der Waals surface area contributed by atoms with Gasteiger partial charge in [-0.3, -0.25) is 9.69 Å². The number of aryl methyl sites for hydroxylation is 1. The van der Waals surface area contributed by atoms with Gasteiger partial charge >= 0.3 is 6.09 Å². The van der Waals surface area contributed by atoms with Gasteiger partial charge in [-0.25, -0.2) is 14.8 Å². The van der Waals surface area contributed by atoms with E-state index in [9.17, 15) is 9.59 Å². The first-order valence-corrected chi connectivity index (χ1v) is 9.96. The van der Waals surface area contributed by atoms with Crippen molar-refractivity contribution in [2.45, 2.75) is 59.2 Å². The summed E-state index contributed by atoms with van der Waals surface area (Å²) in [5.41, 5.74) is 3.86. The maximum Gasteiger partial charge on any atom is 0.410 e. The van der Waals surface area contributed by atoms with Crippen LogP contribution in [-0.4, -0.2) is 39.0 Å². The van der Waals surface area contributed by atoms with Crippen molar-refractivity contribution >= 4 is 17.7 Å². The molecule has 1 saturated heterocycles. The molecule has 0 bridgehead atoms. The van der Waals surface area contributed by atoms with E-state index >= 15 is 0 Å². The summed E-state index contributed by atoms with van der Waals surface area (Å²) in [6, 6.07) is 7.89. The monoisotopic (exact) mass is 394 g/mol. The average molecular weight is 394 g/mol. The Bertz CT molecular complexity index is 981. The van der Waals surface area contributed by atoms with Crippen LogP contribution in [0.15, 0.2) is 24.3 Å². The molecule has 0 saturated carbocycles. The molecule has 0 atom stereocenters. The molecule has 3 heterocycles. The summed E-state index contributed by atoms with van der Waals surface area (Å²) in [5, 5.41) is 0. The zero-order valence-corrected chi connectivity index (χ0v) is 17.4. The van der Waals surface area contributed by atoms with Gasteiger partial charge in [-0.2, -0.15) is 0 Å². The van der Waals surface area contributed by atoms with Crippen LogP contribution in [-0.2, 0) is 22.6 Å². The van der Waals surface area contributed by atoms with E-state index in [1.807, 2.05) is 56.9 Å². The van der Waals surface area contributed by atoms with Gasteiger partial charge in [-0.05, 0) is 46.2 Å². The number of amides is 2. The molecular formula is C22H26N4O3. The first-order valence-electron chi connectivity index (χ1n) is 9.96. The van der Waals surface area contributed by atoms with Crippen molar-refractivity contribution in [3.8, 4) is 11.3 Å². The van der Waals surface area contributed by atoms with Crippen LogP contribution < -0.4 is 4.90 Å². The van der Waals surface area contributed by atoms with Crippen LogP contribution in [0.3, 0.4) is 0 Å². The van der Waals surface area contributed by atoms with Gasteiger partial charge in [0.05, 0.1) is 24.5 Å². The van der Waals surface area contributed by atoms with Crippen molar-refractivity contribution in [2.75, 3.05) is 11.4 Å². The van der Waals surface area contributed by atoms with Gasteiger partial charge in [0.25, 0.3) is 0 Å². The van der Waals surface area contributed by atoms with E-state index in [0.717, 1.165) is 41.2 Å². The van der Waals surface area contributed by atoms with Crippen molar-refractivity contribution in [3.05, 3.63) is 41.3 Å². The van der Waals surface area contributed by atoms with Gasteiger partial charge in [-0.15, -0.1) is 0 Å². The molecule has 4 rings (SSSR count). The minimum atomic E-state index is -0.549. The summed E-state index contributed by atoms with van der Waals surface area (Å²) in [6.45, 7) is 8.99. The number of carbonyl (C=O) groups excluding carboxylic acids is 2. The molecule has 2 amide bonds. The SMILES string of the molecule is Cc1nc2c(c(-c3cccc(N4CCCC4=O)c3)n1)CN(C(=O)OC(C)(C)C)C2. The van der Waals surface area contributed by atoms with E-state index in [4.69, 9.17) is 4.74 Å². The summed E-state index contributed by atoms with van der Waals surface area (Å²) in [5.74, 6) is 0.815. The number of carbonyl (C=O) groups is 2. The van der Waals surface area contributed by atoms with Crippen LogP contribution in [0.1, 0.15) is 50.7 Å². The predicted octanol–water partition coefficient (Wildman–Crippen LogP) is 3.83. The Morgan fingerprint density at radius 1 is 1.17 bits per heavy atom. The first-order chi connectivity index (χ1) is 13.7. The Kier molecular flexibility index (Phi) is 4.76. The van der Waals surface area contributed by atoms with Gasteiger partial charge in [0.15, 0.2) is 0 Å². The summed E-state index contributed by atoms with van der Waals surface area (Å²) in [4.78, 5) is 37.4. The first kappa shape index (κ1) is 19.4. The Balaban J connectivity index is 1.66. The van der Waals surface area contributed by atoms with Crippen LogP contribution in [0, 0.1) is 6.92 Å². The fourth-order valence-corrected chi connectivity index (χ4v) is 3.81. The fourth-order valence-electron chi connectivity index (χ4n) is 3.81. The Morgan fingerprint density at radius 3 is 2.66 bits per heavy atom. The number of fused-ring (bicyclic) bond motifs is 1. The molecule has 0 N–H and O–H groups in total. The third-order valence-electron chi connectivity index (χ3n) is 5.05. The van der Waals surface area contributed by atoms with E-state index in [2.05, 4.69) is 9.97 Å². The van der Waals surface area contributed by atoms with Crippen LogP contribution in [0.4, 0.5) is 10.5 Å². The molecule has 2 aliphatic heterocycles. The van der Waals surface area contributed by atoms with Crippen molar-refractivity contribution in [1.82, 2.24) is 14.9 Å². The van der Waals surface area contributed by atoms with Crippen LogP contribution in [0.5, 0.6) is 0 Å². The number of ether oxygens (including phenoxy) is 1. The largest absolute Gasteiger partial charge is 0.444 e. The summed E-state index contributed by atoms with van der Waals surface area (Å²) < 4.78 is 5.52. The molecule has 0 unspecified atom stereocenters. The minimum Gasteiger partial charge on any atom is -0.444 e. The number of aromatic nitrogens is 2. The number of rotatable bonds is 2. The average Bonchev–Trinajstić information content (AvgIpc) is 3.26. The lowest BCUT2D eigenvalue weighted by molar-refractivity contribution is -0.117. The molecule has 1 aromatic carbocycles. The van der Waals surface area contributed by atoms with E-state index in [1.165, 1.54) is 0 Å². The number of hydrogen-bond donors (Lipinski definition) is 0. The number of hydrogen-bond acceptors (Lipinski definition) is 5. The molecule has 7 heteroatoms. The molecular weight excluding hydrogens is 368 g/mol. The summed E-state index contributed by atoms with van der Waals surface area (Å²) in [7, 11) is 0. The highest BCUT2D eigenvalue weighted by Gasteiger charge is 2.31. The van der Waals surface area contributed by atoms with Gasteiger partial charge in [0.1, 0.15) is 11.4 Å². The lowest BCUT2D eigenvalue weighted by Gasteiger charge is -2.24. The molecule has 152 valence electrons. The van der Waals surface area contributed by atoms with Crippen LogP contribution >= 0.6 is 0 Å². The van der Waals surface area contributed by atoms with Gasteiger partial charge in [0, 0.05) is 29.8 Å². The highest BCUT2D eigenvalue weighted by Crippen LogP contribution is 2.33. The van der Waals surface area contributed by atoms with E-state index in [1.54, 1.807) is 4.90 Å². The van der Waals surface area contributed by atoms with Crippen LogP contribution in [0.25, 0.3) is 11.3 Å². The smallest absolute Gasteiger partial charge is 0.410 e. The third-order valence-corrected chi connectivity index (χ3v) is 5.05. The van der Waals surface area contributed by atoms with Gasteiger partial charge in [-0.1, -0.05) is 12.1 Å². The molecule has 1 fully saturated rings. The molecule has 29 heavy (non-hydrogen) atoms. The minimum absolute atomic E-state index is 0.155. The molecule has 0 radical (unpaired) electrons. The number of benzene rings is 1. The van der Waals surface area contributed by atoms with Gasteiger partial charge in [0.2, 0.25) is 5.91 Å². The second-order valence-electron chi connectivity index (χ2n) is 8.58. The zero-order chi connectivity index (χ0) is 20.8. The summed E-state index contributed by atoms with van der Waals surface area (Å²) in [6.07, 6.45) is 1.13. The number of anilines is 1. The second kappa shape index (κ2) is 7.13. The number of nitrogens with zero attached hydrogens (tertiary/aromatic N) is 4. The quantitative estimate of drug-likeness (QED) is 0.774. The highest BCUT2D eigenvalue weighted by atomic mass is 16.6. The second-order valence-corrected chi connectivity index (χ2v) is 8.58. The van der Waals surface area contributed by atoms with Crippen molar-refractivity contribution in [1.29, 1.82) is 0 Å². The molecule has 2 aromatic rings. The third kappa shape index (κ3) is 3.95. The van der Waals surface area contributed by atoms with E-state index in [-0.39, 0.29) is 12.0 Å². The molecule has 1 aromatic heterocycles. The van der Waals surface area contributed by atoms with Crippen LogP contribution in [0.2, 0.25) is 0 Å². The molecule has 2 aliphatic rings. The zero-order valence-electron chi connectivity index (χ0n) is 17.4. The van der Waals surface area contributed by atoms with Crippen molar-refractivity contribution in [3.63, 3.8) is 0 Å². The van der Waals surface area contributed by atoms with E-state index in [0.29, 0.717) is 25.3 Å². The highest BCUT2D eigenvalue weighted by molar-refractivity contribution is 5.96. The maximum atomic E-state index is 12.5.